The molecule has 6 heteroatoms. The van der Waals surface area contributed by atoms with Crippen LogP contribution in [0.5, 0.6) is 0 Å². The van der Waals surface area contributed by atoms with Crippen molar-refractivity contribution in [3.05, 3.63) is 35.4 Å². The maximum absolute atomic E-state index is 12.0. The third-order valence-corrected chi connectivity index (χ3v) is 2.91. The largest absolute Gasteiger partial charge is 0.508 e. The molecule has 0 spiro atoms. The molecule has 0 saturated carbocycles. The van der Waals surface area contributed by atoms with Gasteiger partial charge in [0.2, 0.25) is 0 Å². The molecule has 2 amide bonds. The Hall–Kier alpha value is -2.37. The first kappa shape index (κ1) is 10.8. The number of carbonyl (C=O) groups is 3. The molecule has 0 aromatic heterocycles. The molecular weight excluding hydrogens is 238 g/mol. The number of fused-ring (bicyclic) bond motifs is 1. The predicted octanol–water partition coefficient (Wildman–Crippen LogP) is 0.818. The second-order valence-corrected chi connectivity index (χ2v) is 4.07. The summed E-state index contributed by atoms with van der Waals surface area (Å²) in [7, 11) is 0. The number of hydrogen-bond donors (Lipinski definition) is 0. The van der Waals surface area contributed by atoms with Crippen molar-refractivity contribution in [2.24, 2.45) is 0 Å². The topological polar surface area (TPSA) is 72.9 Å². The van der Waals surface area contributed by atoms with E-state index in [1.807, 2.05) is 0 Å². The van der Waals surface area contributed by atoms with Crippen LogP contribution in [-0.2, 0) is 9.47 Å². The highest BCUT2D eigenvalue weighted by atomic mass is 16.8. The van der Waals surface area contributed by atoms with Crippen LogP contribution in [0.25, 0.3) is 0 Å². The Morgan fingerprint density at radius 3 is 2.22 bits per heavy atom. The van der Waals surface area contributed by atoms with E-state index in [2.05, 4.69) is 4.74 Å². The van der Waals surface area contributed by atoms with E-state index in [0.717, 1.165) is 4.90 Å². The number of cyclic esters (lactones) is 2. The van der Waals surface area contributed by atoms with Crippen LogP contribution in [0.15, 0.2) is 24.3 Å². The molecule has 2 aliphatic heterocycles. The van der Waals surface area contributed by atoms with Crippen LogP contribution >= 0.6 is 0 Å². The molecule has 0 N–H and O–H groups in total. The highest BCUT2D eigenvalue weighted by molar-refractivity contribution is 6.21. The van der Waals surface area contributed by atoms with Crippen molar-refractivity contribution in [3.63, 3.8) is 0 Å². The van der Waals surface area contributed by atoms with Crippen molar-refractivity contribution in [1.29, 1.82) is 0 Å². The van der Waals surface area contributed by atoms with E-state index in [9.17, 15) is 14.4 Å². The number of rotatable bonds is 2. The summed E-state index contributed by atoms with van der Waals surface area (Å²) in [5.41, 5.74) is 0.764. The Morgan fingerprint density at radius 2 is 1.72 bits per heavy atom. The fraction of sp³-hybridized carbons (Fsp3) is 0.250. The second kappa shape index (κ2) is 3.83. The van der Waals surface area contributed by atoms with Crippen LogP contribution in [-0.4, -0.2) is 42.1 Å². The van der Waals surface area contributed by atoms with E-state index >= 15 is 0 Å². The van der Waals surface area contributed by atoms with Crippen LogP contribution in [0, 0.1) is 0 Å². The zero-order chi connectivity index (χ0) is 12.7. The zero-order valence-corrected chi connectivity index (χ0v) is 9.29. The van der Waals surface area contributed by atoms with Gasteiger partial charge in [-0.25, -0.2) is 4.79 Å². The van der Waals surface area contributed by atoms with E-state index in [-0.39, 0.29) is 25.0 Å². The Bertz CT molecular complexity index is 518. The molecule has 1 fully saturated rings. The molecule has 0 radical (unpaired) electrons. The standard InChI is InChI=1S/C12H9NO5/c14-10-8-3-1-2-4-9(8)11(15)13(10)5-7-6-17-12(16)18-7/h1-4,7H,5-6H2/t7-/m1/s1. The molecule has 18 heavy (non-hydrogen) atoms. The molecule has 3 rings (SSSR count). The van der Waals surface area contributed by atoms with Gasteiger partial charge in [-0.15, -0.1) is 0 Å². The predicted molar refractivity (Wildman–Crippen MR) is 58.0 cm³/mol. The van der Waals surface area contributed by atoms with Crippen LogP contribution in [0.1, 0.15) is 20.7 Å². The van der Waals surface area contributed by atoms with Gasteiger partial charge in [0.25, 0.3) is 11.8 Å². The normalized spacial score (nSPS) is 21.9. The van der Waals surface area contributed by atoms with E-state index in [1.54, 1.807) is 24.3 Å². The second-order valence-electron chi connectivity index (χ2n) is 4.07. The summed E-state index contributed by atoms with van der Waals surface area (Å²) in [4.78, 5) is 35.9. The number of amides is 2. The van der Waals surface area contributed by atoms with Gasteiger partial charge in [-0.2, -0.15) is 0 Å². The fourth-order valence-corrected chi connectivity index (χ4v) is 2.06. The first-order chi connectivity index (χ1) is 8.66. The minimum absolute atomic E-state index is 0.0259. The molecule has 6 nitrogen and oxygen atoms in total. The summed E-state index contributed by atoms with van der Waals surface area (Å²) in [5, 5.41) is 0. The fourth-order valence-electron chi connectivity index (χ4n) is 2.06. The summed E-state index contributed by atoms with van der Waals surface area (Å²) in [5.74, 6) is -0.725. The molecule has 0 aliphatic carbocycles. The number of hydrogen-bond acceptors (Lipinski definition) is 5. The van der Waals surface area contributed by atoms with Crippen LogP contribution < -0.4 is 0 Å². The molecule has 2 heterocycles. The Kier molecular flexibility index (Phi) is 2.29. The van der Waals surface area contributed by atoms with E-state index < -0.39 is 12.3 Å². The van der Waals surface area contributed by atoms with Gasteiger partial charge in [0.15, 0.2) is 6.10 Å². The third kappa shape index (κ3) is 1.54. The maximum atomic E-state index is 12.0. The van der Waals surface area contributed by atoms with Crippen LogP contribution in [0.4, 0.5) is 4.79 Å². The molecule has 1 atom stereocenters. The van der Waals surface area contributed by atoms with Crippen LogP contribution in [0.2, 0.25) is 0 Å². The van der Waals surface area contributed by atoms with Gasteiger partial charge < -0.3 is 9.47 Å². The van der Waals surface area contributed by atoms with Gasteiger partial charge in [0, 0.05) is 0 Å². The maximum Gasteiger partial charge on any atom is 0.508 e. The number of imide groups is 1. The third-order valence-electron chi connectivity index (χ3n) is 2.91. The molecule has 1 aromatic carbocycles. The number of carbonyl (C=O) groups excluding carboxylic acids is 3. The lowest BCUT2D eigenvalue weighted by Gasteiger charge is -2.15. The summed E-state index contributed by atoms with van der Waals surface area (Å²) < 4.78 is 9.42. The average molecular weight is 247 g/mol. The van der Waals surface area contributed by atoms with Crippen molar-refractivity contribution in [2.75, 3.05) is 13.2 Å². The lowest BCUT2D eigenvalue weighted by atomic mass is 10.1. The molecule has 92 valence electrons. The number of benzene rings is 1. The molecule has 2 aliphatic rings. The van der Waals surface area contributed by atoms with E-state index in [1.165, 1.54) is 0 Å². The average Bonchev–Trinajstić information content (AvgIpc) is 2.88. The van der Waals surface area contributed by atoms with Gasteiger partial charge >= 0.3 is 6.16 Å². The number of ether oxygens (including phenoxy) is 2. The van der Waals surface area contributed by atoms with Crippen molar-refractivity contribution < 1.29 is 23.9 Å². The van der Waals surface area contributed by atoms with Gasteiger partial charge in [0.1, 0.15) is 6.61 Å². The van der Waals surface area contributed by atoms with Crippen molar-refractivity contribution >= 4 is 18.0 Å². The lowest BCUT2D eigenvalue weighted by Crippen LogP contribution is -2.37. The minimum atomic E-state index is -0.767. The highest BCUT2D eigenvalue weighted by Crippen LogP contribution is 2.23. The highest BCUT2D eigenvalue weighted by Gasteiger charge is 2.38. The summed E-state index contributed by atoms with van der Waals surface area (Å²) in [6.07, 6.45) is -1.35. The van der Waals surface area contributed by atoms with Gasteiger partial charge in [0.05, 0.1) is 17.7 Å². The molecule has 0 unspecified atom stereocenters. The summed E-state index contributed by atoms with van der Waals surface area (Å²) >= 11 is 0. The smallest absolute Gasteiger partial charge is 0.430 e. The SMILES string of the molecule is O=C1OC[C@@H](CN2C(=O)c3ccccc3C2=O)O1. The Morgan fingerprint density at radius 1 is 1.11 bits per heavy atom. The zero-order valence-electron chi connectivity index (χ0n) is 9.29. The Labute approximate surface area is 102 Å². The van der Waals surface area contributed by atoms with E-state index in [4.69, 9.17) is 4.74 Å². The van der Waals surface area contributed by atoms with Crippen molar-refractivity contribution in [3.8, 4) is 0 Å². The molecule has 0 bridgehead atoms. The van der Waals surface area contributed by atoms with E-state index in [0.29, 0.717) is 11.1 Å². The first-order valence-corrected chi connectivity index (χ1v) is 5.45. The Balaban J connectivity index is 1.82. The number of nitrogens with zero attached hydrogens (tertiary/aromatic N) is 1. The molecular formula is C12H9NO5. The van der Waals surface area contributed by atoms with Gasteiger partial charge in [-0.05, 0) is 12.1 Å². The molecule has 1 aromatic rings. The lowest BCUT2D eigenvalue weighted by molar-refractivity contribution is 0.0558. The van der Waals surface area contributed by atoms with Crippen LogP contribution in [0.3, 0.4) is 0 Å². The monoisotopic (exact) mass is 247 g/mol. The van der Waals surface area contributed by atoms with Crippen molar-refractivity contribution in [1.82, 2.24) is 4.90 Å². The summed E-state index contributed by atoms with van der Waals surface area (Å²) in [6.45, 7) is 0.0876. The van der Waals surface area contributed by atoms with Gasteiger partial charge in [-0.1, -0.05) is 12.1 Å². The summed E-state index contributed by atoms with van der Waals surface area (Å²) in [6, 6.07) is 6.61. The quantitative estimate of drug-likeness (QED) is 0.571. The van der Waals surface area contributed by atoms with Gasteiger partial charge in [-0.3, -0.25) is 14.5 Å². The minimum Gasteiger partial charge on any atom is -0.430 e. The van der Waals surface area contributed by atoms with Crippen molar-refractivity contribution in [2.45, 2.75) is 6.10 Å². The molecule has 1 saturated heterocycles. The first-order valence-electron chi connectivity index (χ1n) is 5.45.